The van der Waals surface area contributed by atoms with Crippen molar-refractivity contribution in [1.29, 1.82) is 0 Å². The number of hydrogen-bond donors (Lipinski definition) is 0. The average Bonchev–Trinajstić information content (AvgIpc) is 2.59. The molecule has 24 heavy (non-hydrogen) atoms. The third-order valence-corrected chi connectivity index (χ3v) is 4.79. The number of carbonyl (C=O) groups is 2. The number of allylic oxidation sites excluding steroid dienone is 2. The largest absolute Gasteiger partial charge is 0.428 e. The zero-order valence-electron chi connectivity index (χ0n) is 13.1. The number of ketones is 1. The molecular weight excluding hydrogens is 320 g/mol. The monoisotopic (exact) mass is 336 g/mol. The first-order chi connectivity index (χ1) is 11.6. The van der Waals surface area contributed by atoms with Crippen molar-refractivity contribution >= 4 is 23.5 Å². The van der Waals surface area contributed by atoms with Crippen LogP contribution in [0, 0.1) is 0 Å². The van der Waals surface area contributed by atoms with Crippen molar-refractivity contribution in [2.75, 3.05) is 0 Å². The Morgan fingerprint density at radius 2 is 1.46 bits per heavy atom. The zero-order valence-corrected chi connectivity index (χ0v) is 14.0. The Bertz CT molecular complexity index is 768. The molecule has 3 nitrogen and oxygen atoms in total. The fraction of sp³-hybridized carbons (Fsp3) is 0.100. The van der Waals surface area contributed by atoms with Crippen LogP contribution >= 0.6 is 11.8 Å². The predicted octanol–water partition coefficient (Wildman–Crippen LogP) is 4.42. The van der Waals surface area contributed by atoms with E-state index in [1.54, 1.807) is 12.3 Å². The molecule has 4 heteroatoms. The van der Waals surface area contributed by atoms with E-state index in [1.165, 1.54) is 17.8 Å². The van der Waals surface area contributed by atoms with E-state index in [9.17, 15) is 9.59 Å². The van der Waals surface area contributed by atoms with Crippen LogP contribution < -0.4 is 0 Å². The van der Waals surface area contributed by atoms with Gasteiger partial charge < -0.3 is 4.74 Å². The minimum atomic E-state index is -0.590. The Hall–Kier alpha value is -2.59. The summed E-state index contributed by atoms with van der Waals surface area (Å²) in [5.41, 5.74) is 2.28. The fourth-order valence-corrected chi connectivity index (χ4v) is 3.55. The second kappa shape index (κ2) is 7.32. The van der Waals surface area contributed by atoms with Crippen LogP contribution in [0.3, 0.4) is 0 Å². The van der Waals surface area contributed by atoms with Crippen LogP contribution in [0.4, 0.5) is 0 Å². The standard InChI is InChI=1S/C20H16O3S/c1-14-12-18(21)17(20(22)23-14)13-24-19(15-8-4-2-5-9-15)16-10-6-3-7-11-16/h2-13,19H,1H3. The highest BCUT2D eigenvalue weighted by molar-refractivity contribution is 8.02. The number of hydrogen-bond acceptors (Lipinski definition) is 4. The van der Waals surface area contributed by atoms with Crippen molar-refractivity contribution < 1.29 is 14.3 Å². The van der Waals surface area contributed by atoms with Crippen molar-refractivity contribution in [2.24, 2.45) is 0 Å². The van der Waals surface area contributed by atoms with Gasteiger partial charge in [-0.15, -0.1) is 11.8 Å². The van der Waals surface area contributed by atoms with E-state index >= 15 is 0 Å². The molecule has 120 valence electrons. The van der Waals surface area contributed by atoms with E-state index in [0.29, 0.717) is 5.76 Å². The molecule has 0 N–H and O–H groups in total. The van der Waals surface area contributed by atoms with E-state index in [0.717, 1.165) is 11.1 Å². The van der Waals surface area contributed by atoms with E-state index in [2.05, 4.69) is 0 Å². The number of esters is 1. The van der Waals surface area contributed by atoms with E-state index in [1.807, 2.05) is 60.7 Å². The SMILES string of the molecule is CC1=CC(=O)C(=CSC(c2ccccc2)c2ccccc2)C(=O)O1. The Morgan fingerprint density at radius 1 is 0.917 bits per heavy atom. The predicted molar refractivity (Wildman–Crippen MR) is 95.3 cm³/mol. The Labute approximate surface area is 145 Å². The highest BCUT2D eigenvalue weighted by atomic mass is 32.2. The third kappa shape index (κ3) is 3.66. The Morgan fingerprint density at radius 3 is 1.96 bits per heavy atom. The molecule has 1 aliphatic rings. The minimum absolute atomic E-state index is 0.00694. The zero-order chi connectivity index (χ0) is 16.9. The second-order valence-electron chi connectivity index (χ2n) is 5.38. The van der Waals surface area contributed by atoms with Gasteiger partial charge >= 0.3 is 5.97 Å². The van der Waals surface area contributed by atoms with Crippen molar-refractivity contribution in [3.05, 3.63) is 94.6 Å². The molecule has 0 radical (unpaired) electrons. The molecule has 0 spiro atoms. The van der Waals surface area contributed by atoms with Gasteiger partial charge in [0.2, 0.25) is 0 Å². The molecule has 0 aliphatic carbocycles. The summed E-state index contributed by atoms with van der Waals surface area (Å²) in [5, 5.41) is 1.60. The molecule has 0 amide bonds. The van der Waals surface area contributed by atoms with Crippen LogP contribution in [-0.2, 0) is 14.3 Å². The van der Waals surface area contributed by atoms with Crippen LogP contribution in [0.5, 0.6) is 0 Å². The van der Waals surface area contributed by atoms with Gasteiger partial charge in [0.05, 0.1) is 5.25 Å². The van der Waals surface area contributed by atoms with Crippen LogP contribution in [0.1, 0.15) is 23.3 Å². The van der Waals surface area contributed by atoms with E-state index < -0.39 is 5.97 Å². The van der Waals surface area contributed by atoms with Crippen molar-refractivity contribution in [2.45, 2.75) is 12.2 Å². The lowest BCUT2D eigenvalue weighted by Gasteiger charge is -2.17. The van der Waals surface area contributed by atoms with Crippen LogP contribution in [0.25, 0.3) is 0 Å². The molecule has 0 saturated heterocycles. The summed E-state index contributed by atoms with van der Waals surface area (Å²) in [6.07, 6.45) is 1.34. The molecule has 2 aromatic carbocycles. The normalized spacial score (nSPS) is 16.2. The van der Waals surface area contributed by atoms with Crippen molar-refractivity contribution in [3.63, 3.8) is 0 Å². The molecule has 0 atom stereocenters. The minimum Gasteiger partial charge on any atom is -0.428 e. The van der Waals surface area contributed by atoms with E-state index in [-0.39, 0.29) is 16.6 Å². The number of ether oxygens (including phenoxy) is 1. The highest BCUT2D eigenvalue weighted by Gasteiger charge is 2.25. The number of carbonyl (C=O) groups excluding carboxylic acids is 2. The summed E-state index contributed by atoms with van der Waals surface area (Å²) in [5.74, 6) is -0.571. The molecule has 1 aliphatic heterocycles. The molecule has 0 saturated carbocycles. The first-order valence-corrected chi connectivity index (χ1v) is 8.50. The lowest BCUT2D eigenvalue weighted by Crippen LogP contribution is -2.19. The summed E-state index contributed by atoms with van der Waals surface area (Å²) in [6, 6.07) is 20.0. The third-order valence-electron chi connectivity index (χ3n) is 3.60. The first-order valence-electron chi connectivity index (χ1n) is 7.55. The van der Waals surface area contributed by atoms with Gasteiger partial charge in [0.1, 0.15) is 11.3 Å². The second-order valence-corrected chi connectivity index (χ2v) is 6.36. The smallest absolute Gasteiger partial charge is 0.347 e. The Kier molecular flexibility index (Phi) is 4.96. The van der Waals surface area contributed by atoms with Crippen molar-refractivity contribution in [3.8, 4) is 0 Å². The molecule has 0 fully saturated rings. The van der Waals surface area contributed by atoms with Gasteiger partial charge in [-0.25, -0.2) is 4.79 Å². The van der Waals surface area contributed by atoms with Gasteiger partial charge in [-0.3, -0.25) is 4.79 Å². The first kappa shape index (κ1) is 16.3. The van der Waals surface area contributed by atoms with Gasteiger partial charge in [0.25, 0.3) is 0 Å². The van der Waals surface area contributed by atoms with Gasteiger partial charge in [-0.05, 0) is 23.5 Å². The van der Waals surface area contributed by atoms with Gasteiger partial charge in [0, 0.05) is 6.08 Å². The molecule has 0 bridgehead atoms. The summed E-state index contributed by atoms with van der Waals surface area (Å²) in [7, 11) is 0. The van der Waals surface area contributed by atoms with Gasteiger partial charge in [-0.1, -0.05) is 60.7 Å². The maximum Gasteiger partial charge on any atom is 0.347 e. The number of rotatable bonds is 4. The van der Waals surface area contributed by atoms with Crippen LogP contribution in [0.15, 0.2) is 83.5 Å². The number of cyclic esters (lactones) is 1. The van der Waals surface area contributed by atoms with Gasteiger partial charge in [0.15, 0.2) is 5.78 Å². The summed E-state index contributed by atoms with van der Waals surface area (Å²) >= 11 is 1.43. The number of benzene rings is 2. The molecule has 2 aromatic rings. The lowest BCUT2D eigenvalue weighted by molar-refractivity contribution is -0.137. The maximum atomic E-state index is 12.0. The average molecular weight is 336 g/mol. The molecule has 0 unspecified atom stereocenters. The van der Waals surface area contributed by atoms with Gasteiger partial charge in [-0.2, -0.15) is 0 Å². The van der Waals surface area contributed by atoms with E-state index in [4.69, 9.17) is 4.74 Å². The quantitative estimate of drug-likeness (QED) is 0.471. The summed E-state index contributed by atoms with van der Waals surface area (Å²) in [6.45, 7) is 1.59. The van der Waals surface area contributed by atoms with Crippen molar-refractivity contribution in [1.82, 2.24) is 0 Å². The Balaban J connectivity index is 1.92. The topological polar surface area (TPSA) is 43.4 Å². The highest BCUT2D eigenvalue weighted by Crippen LogP contribution is 2.37. The summed E-state index contributed by atoms with van der Waals surface area (Å²) in [4.78, 5) is 24.0. The lowest BCUT2D eigenvalue weighted by atomic mass is 10.0. The molecule has 3 rings (SSSR count). The summed E-state index contributed by atoms with van der Waals surface area (Å²) < 4.78 is 5.03. The molecule has 1 heterocycles. The van der Waals surface area contributed by atoms with Crippen LogP contribution in [0.2, 0.25) is 0 Å². The molecular formula is C20H16O3S. The molecule has 0 aromatic heterocycles. The maximum absolute atomic E-state index is 12.0. The number of thioether (sulfide) groups is 1. The fourth-order valence-electron chi connectivity index (χ4n) is 2.44. The van der Waals surface area contributed by atoms with Crippen LogP contribution in [-0.4, -0.2) is 11.8 Å².